The van der Waals surface area contributed by atoms with E-state index in [2.05, 4.69) is 15.9 Å². The van der Waals surface area contributed by atoms with Crippen LogP contribution in [0.1, 0.15) is 46.1 Å². The van der Waals surface area contributed by atoms with Crippen LogP contribution in [0, 0.1) is 5.41 Å². The Morgan fingerprint density at radius 3 is 2.29 bits per heavy atom. The summed E-state index contributed by atoms with van der Waals surface area (Å²) in [6.07, 6.45) is 2.05. The van der Waals surface area contributed by atoms with Crippen molar-refractivity contribution in [2.24, 2.45) is 0 Å². The molecule has 0 radical (unpaired) electrons. The summed E-state index contributed by atoms with van der Waals surface area (Å²) in [6.45, 7) is 8.96. The van der Waals surface area contributed by atoms with E-state index in [4.69, 9.17) is 15.9 Å². The van der Waals surface area contributed by atoms with Gasteiger partial charge < -0.3 is 25.9 Å². The molecule has 1 aromatic carbocycles. The molecule has 2 rings (SSSR count). The van der Waals surface area contributed by atoms with E-state index in [1.54, 1.807) is 17.9 Å². The van der Waals surface area contributed by atoms with Gasteiger partial charge in [-0.05, 0) is 52.7 Å². The summed E-state index contributed by atoms with van der Waals surface area (Å²) in [6, 6.07) is 3.18. The fourth-order valence-corrected chi connectivity index (χ4v) is 2.71. The van der Waals surface area contributed by atoms with Crippen molar-refractivity contribution in [3.63, 3.8) is 0 Å². The third kappa shape index (κ3) is 6.39. The van der Waals surface area contributed by atoms with E-state index >= 15 is 0 Å². The van der Waals surface area contributed by atoms with Gasteiger partial charge in [0.05, 0.1) is 5.56 Å². The van der Waals surface area contributed by atoms with Gasteiger partial charge in [0.2, 0.25) is 0 Å². The molecule has 7 heteroatoms. The van der Waals surface area contributed by atoms with Gasteiger partial charge in [-0.25, -0.2) is 4.79 Å². The molecule has 0 unspecified atom stereocenters. The van der Waals surface area contributed by atoms with Crippen LogP contribution >= 0.6 is 15.9 Å². The number of nitrogen functional groups attached to an aromatic ring is 1. The molecule has 1 heterocycles. The maximum absolute atomic E-state index is 11.4. The number of ether oxygens (including phenoxy) is 1. The lowest BCUT2D eigenvalue weighted by Crippen LogP contribution is -2.34. The molecule has 134 valence electrons. The van der Waals surface area contributed by atoms with E-state index in [1.165, 1.54) is 6.07 Å². The maximum Gasteiger partial charge on any atom is 0.410 e. The quantitative estimate of drug-likeness (QED) is 0.487. The molecule has 0 saturated carbocycles. The van der Waals surface area contributed by atoms with E-state index in [-0.39, 0.29) is 23.2 Å². The number of nitrogens with two attached hydrogens (primary N) is 1. The Morgan fingerprint density at radius 1 is 1.33 bits per heavy atom. The van der Waals surface area contributed by atoms with E-state index in [0.29, 0.717) is 15.7 Å². The minimum absolute atomic E-state index is 0.0365. The Kier molecular flexibility index (Phi) is 7.08. The number of phenols is 1. The Bertz CT molecular complexity index is 583. The molecule has 1 aromatic rings. The first-order chi connectivity index (χ1) is 11.0. The second-order valence-electron chi connectivity index (χ2n) is 6.69. The van der Waals surface area contributed by atoms with Crippen molar-refractivity contribution in [2.45, 2.75) is 46.1 Å². The molecule has 24 heavy (non-hydrogen) atoms. The van der Waals surface area contributed by atoms with Crippen molar-refractivity contribution in [1.29, 1.82) is 5.41 Å². The van der Waals surface area contributed by atoms with Crippen molar-refractivity contribution in [3.05, 3.63) is 22.2 Å². The van der Waals surface area contributed by atoms with Crippen molar-refractivity contribution >= 4 is 33.4 Å². The highest BCUT2D eigenvalue weighted by Gasteiger charge is 2.23. The fourth-order valence-electron chi connectivity index (χ4n) is 2.25. The van der Waals surface area contributed by atoms with Gasteiger partial charge in [-0.2, -0.15) is 0 Å². The van der Waals surface area contributed by atoms with Crippen LogP contribution in [0.3, 0.4) is 0 Å². The van der Waals surface area contributed by atoms with E-state index in [9.17, 15) is 9.90 Å². The summed E-state index contributed by atoms with van der Waals surface area (Å²) in [4.78, 5) is 13.1. The topological polar surface area (TPSA) is 99.6 Å². The van der Waals surface area contributed by atoms with Crippen molar-refractivity contribution in [3.8, 4) is 5.75 Å². The third-order valence-electron chi connectivity index (χ3n) is 3.25. The number of carbonyl (C=O) groups excluding carboxylic acids is 1. The van der Waals surface area contributed by atoms with Crippen molar-refractivity contribution < 1.29 is 14.6 Å². The number of likely N-dealkylation sites (tertiary alicyclic amines) is 1. The lowest BCUT2D eigenvalue weighted by atomic mass is 10.1. The number of aromatic hydroxyl groups is 1. The SMILES string of the molecule is CC(=N)c1c(N)cc(Br)cc1O.CC(C)(C)OC(=O)N1CCCC1. The third-order valence-corrected chi connectivity index (χ3v) is 3.70. The zero-order valence-electron chi connectivity index (χ0n) is 14.6. The lowest BCUT2D eigenvalue weighted by molar-refractivity contribution is 0.0295. The number of halogens is 1. The summed E-state index contributed by atoms with van der Waals surface area (Å²) >= 11 is 3.19. The molecule has 0 spiro atoms. The first-order valence-corrected chi connectivity index (χ1v) is 8.62. The number of carbonyl (C=O) groups is 1. The number of amides is 1. The molecule has 1 aliphatic rings. The van der Waals surface area contributed by atoms with Gasteiger partial charge >= 0.3 is 6.09 Å². The van der Waals surface area contributed by atoms with Crippen LogP contribution in [0.5, 0.6) is 5.75 Å². The summed E-state index contributed by atoms with van der Waals surface area (Å²) in [5, 5.41) is 16.7. The summed E-state index contributed by atoms with van der Waals surface area (Å²) in [7, 11) is 0. The largest absolute Gasteiger partial charge is 0.507 e. The molecule has 1 amide bonds. The average molecular weight is 400 g/mol. The molecule has 0 aliphatic carbocycles. The molecule has 1 fully saturated rings. The number of anilines is 1. The normalized spacial score (nSPS) is 14.0. The number of nitrogens with zero attached hydrogens (tertiary/aromatic N) is 1. The van der Waals surface area contributed by atoms with E-state index < -0.39 is 0 Å². The Morgan fingerprint density at radius 2 is 1.88 bits per heavy atom. The van der Waals surface area contributed by atoms with Gasteiger partial charge in [0.25, 0.3) is 0 Å². The summed E-state index contributed by atoms with van der Waals surface area (Å²) in [5.41, 5.74) is 6.31. The Balaban J connectivity index is 0.000000240. The van der Waals surface area contributed by atoms with Crippen LogP contribution < -0.4 is 5.73 Å². The van der Waals surface area contributed by atoms with Gasteiger partial charge in [-0.1, -0.05) is 15.9 Å². The van der Waals surface area contributed by atoms with E-state index in [0.717, 1.165) is 25.9 Å². The zero-order chi connectivity index (χ0) is 18.5. The van der Waals surface area contributed by atoms with Crippen LogP contribution in [0.2, 0.25) is 0 Å². The number of nitrogens with one attached hydrogen (secondary N) is 1. The van der Waals surface area contributed by atoms with Gasteiger partial charge in [-0.3, -0.25) is 0 Å². The molecule has 4 N–H and O–H groups in total. The second-order valence-corrected chi connectivity index (χ2v) is 7.60. The predicted octanol–water partition coefficient (Wildman–Crippen LogP) is 4.14. The minimum atomic E-state index is -0.361. The van der Waals surface area contributed by atoms with Crippen LogP contribution in [-0.2, 0) is 4.74 Å². The first-order valence-electron chi connectivity index (χ1n) is 7.82. The Hall–Kier alpha value is -1.76. The minimum Gasteiger partial charge on any atom is -0.507 e. The standard InChI is InChI=1S/C9H17NO2.C8H9BrN2O/c1-9(2,3)12-8(11)10-6-4-5-7-10;1-4(10)8-6(11)2-5(9)3-7(8)12/h4-7H2,1-3H3;2-3,10,12H,11H2,1H3. The number of rotatable bonds is 1. The van der Waals surface area contributed by atoms with Crippen molar-refractivity contribution in [1.82, 2.24) is 4.90 Å². The highest BCUT2D eigenvalue weighted by atomic mass is 79.9. The molecule has 1 saturated heterocycles. The average Bonchev–Trinajstić information content (AvgIpc) is 2.89. The molecular formula is C17H26BrN3O3. The molecule has 1 aliphatic heterocycles. The van der Waals surface area contributed by atoms with Gasteiger partial charge in [0.1, 0.15) is 11.4 Å². The van der Waals surface area contributed by atoms with Gasteiger partial charge in [0, 0.05) is 29.0 Å². The summed E-state index contributed by atoms with van der Waals surface area (Å²) in [5.74, 6) is 0.0365. The van der Waals surface area contributed by atoms with Crippen LogP contribution in [0.25, 0.3) is 0 Å². The highest BCUT2D eigenvalue weighted by Crippen LogP contribution is 2.28. The lowest BCUT2D eigenvalue weighted by Gasteiger charge is -2.23. The highest BCUT2D eigenvalue weighted by molar-refractivity contribution is 9.10. The number of phenolic OH excluding ortho intramolecular Hbond substituents is 1. The smallest absolute Gasteiger partial charge is 0.410 e. The first kappa shape index (κ1) is 20.3. The van der Waals surface area contributed by atoms with Crippen LogP contribution in [-0.4, -0.2) is 40.5 Å². The van der Waals surface area contributed by atoms with E-state index in [1.807, 2.05) is 20.8 Å². The summed E-state index contributed by atoms with van der Waals surface area (Å²) < 4.78 is 5.92. The molecule has 0 atom stereocenters. The van der Waals surface area contributed by atoms with Gasteiger partial charge in [-0.15, -0.1) is 0 Å². The molecule has 0 bridgehead atoms. The Labute approximate surface area is 151 Å². The molecule has 0 aromatic heterocycles. The molecule has 6 nitrogen and oxygen atoms in total. The fraction of sp³-hybridized carbons (Fsp3) is 0.529. The number of hydrogen-bond acceptors (Lipinski definition) is 5. The second kappa shape index (κ2) is 8.37. The van der Waals surface area contributed by atoms with Crippen LogP contribution in [0.4, 0.5) is 10.5 Å². The number of hydrogen-bond donors (Lipinski definition) is 3. The molecular weight excluding hydrogens is 374 g/mol. The number of benzene rings is 1. The van der Waals surface area contributed by atoms with Crippen molar-refractivity contribution in [2.75, 3.05) is 18.8 Å². The monoisotopic (exact) mass is 399 g/mol. The maximum atomic E-state index is 11.4. The van der Waals surface area contributed by atoms with Gasteiger partial charge in [0.15, 0.2) is 0 Å². The van der Waals surface area contributed by atoms with Crippen LogP contribution in [0.15, 0.2) is 16.6 Å². The predicted molar refractivity (Wildman–Crippen MR) is 99.8 cm³/mol. The zero-order valence-corrected chi connectivity index (χ0v) is 16.2.